The van der Waals surface area contributed by atoms with Gasteiger partial charge in [0, 0.05) is 24.3 Å². The van der Waals surface area contributed by atoms with Gasteiger partial charge in [-0.2, -0.15) is 0 Å². The highest BCUT2D eigenvalue weighted by atomic mass is 16.3. The molecule has 0 bridgehead atoms. The molecule has 0 spiro atoms. The number of aliphatic hydroxyl groups excluding tert-OH is 1. The summed E-state index contributed by atoms with van der Waals surface area (Å²) in [6, 6.07) is 9.08. The quantitative estimate of drug-likeness (QED) is 0.787. The molecule has 1 unspecified atom stereocenters. The highest BCUT2D eigenvalue weighted by Gasteiger charge is 2.26. The molecule has 1 atom stereocenters. The maximum atomic E-state index is 9.28. The Morgan fingerprint density at radius 1 is 1.28 bits per heavy atom. The molecule has 1 fully saturated rings. The monoisotopic (exact) mass is 248 g/mol. The van der Waals surface area contributed by atoms with Gasteiger partial charge in [0.05, 0.1) is 6.61 Å². The molecule has 3 nitrogen and oxygen atoms in total. The van der Waals surface area contributed by atoms with E-state index < -0.39 is 0 Å². The van der Waals surface area contributed by atoms with Crippen molar-refractivity contribution in [2.75, 3.05) is 18.9 Å². The maximum Gasteiger partial charge on any atom is 0.0558 e. The zero-order valence-electron chi connectivity index (χ0n) is 11.2. The predicted molar refractivity (Wildman–Crippen MR) is 75.3 cm³/mol. The van der Waals surface area contributed by atoms with Crippen LogP contribution >= 0.6 is 0 Å². The van der Waals surface area contributed by atoms with E-state index in [9.17, 15) is 5.11 Å². The van der Waals surface area contributed by atoms with E-state index in [4.69, 9.17) is 5.73 Å². The molecule has 0 radical (unpaired) electrons. The first-order valence-electron chi connectivity index (χ1n) is 6.94. The largest absolute Gasteiger partial charge is 0.399 e. The van der Waals surface area contributed by atoms with Gasteiger partial charge in [0.25, 0.3) is 0 Å². The van der Waals surface area contributed by atoms with Crippen LogP contribution in [-0.4, -0.2) is 29.2 Å². The van der Waals surface area contributed by atoms with Crippen molar-refractivity contribution in [3.8, 4) is 0 Å². The molecule has 0 aromatic heterocycles. The van der Waals surface area contributed by atoms with Gasteiger partial charge in [0.2, 0.25) is 0 Å². The third-order valence-electron chi connectivity index (χ3n) is 4.07. The minimum Gasteiger partial charge on any atom is -0.399 e. The predicted octanol–water partition coefficient (Wildman–Crippen LogP) is 2.57. The lowest BCUT2D eigenvalue weighted by Crippen LogP contribution is -2.37. The lowest BCUT2D eigenvalue weighted by atomic mass is 10.0. The molecule has 2 rings (SSSR count). The number of anilines is 1. The summed E-state index contributed by atoms with van der Waals surface area (Å²) in [6.45, 7) is 3.21. The zero-order valence-corrected chi connectivity index (χ0v) is 11.2. The Labute approximate surface area is 110 Å². The second kappa shape index (κ2) is 6.21. The van der Waals surface area contributed by atoms with E-state index in [1.165, 1.54) is 31.2 Å². The van der Waals surface area contributed by atoms with Crippen LogP contribution < -0.4 is 5.73 Å². The molecule has 3 N–H and O–H groups in total. The molecule has 0 aliphatic heterocycles. The van der Waals surface area contributed by atoms with Gasteiger partial charge in [0.1, 0.15) is 0 Å². The molecule has 18 heavy (non-hydrogen) atoms. The van der Waals surface area contributed by atoms with Crippen LogP contribution in [0.1, 0.15) is 44.2 Å². The highest BCUT2D eigenvalue weighted by Crippen LogP contribution is 2.30. The van der Waals surface area contributed by atoms with E-state index in [2.05, 4.69) is 24.0 Å². The summed E-state index contributed by atoms with van der Waals surface area (Å²) in [5.74, 6) is 0. The fraction of sp³-hybridized carbons (Fsp3) is 0.600. The van der Waals surface area contributed by atoms with E-state index in [0.717, 1.165) is 12.2 Å². The number of hydrogen-bond donors (Lipinski definition) is 2. The van der Waals surface area contributed by atoms with Gasteiger partial charge in [-0.05, 0) is 37.5 Å². The summed E-state index contributed by atoms with van der Waals surface area (Å²) < 4.78 is 0. The van der Waals surface area contributed by atoms with E-state index in [1.54, 1.807) is 0 Å². The Kier molecular flexibility index (Phi) is 4.61. The number of nitrogen functional groups attached to an aromatic ring is 1. The smallest absolute Gasteiger partial charge is 0.0558 e. The summed E-state index contributed by atoms with van der Waals surface area (Å²) in [4.78, 5) is 2.44. The Hall–Kier alpha value is -1.06. The van der Waals surface area contributed by atoms with Crippen molar-refractivity contribution in [3.63, 3.8) is 0 Å². The first-order valence-corrected chi connectivity index (χ1v) is 6.94. The fourth-order valence-corrected chi connectivity index (χ4v) is 3.01. The van der Waals surface area contributed by atoms with Gasteiger partial charge in [0.15, 0.2) is 0 Å². The van der Waals surface area contributed by atoms with Crippen LogP contribution in [0.3, 0.4) is 0 Å². The van der Waals surface area contributed by atoms with Crippen LogP contribution in [0.15, 0.2) is 24.3 Å². The van der Waals surface area contributed by atoms with Gasteiger partial charge >= 0.3 is 0 Å². The third-order valence-corrected chi connectivity index (χ3v) is 4.07. The van der Waals surface area contributed by atoms with Gasteiger partial charge in [-0.15, -0.1) is 0 Å². The lowest BCUT2D eigenvalue weighted by Gasteiger charge is -2.34. The summed E-state index contributed by atoms with van der Waals surface area (Å²) >= 11 is 0. The molecule has 100 valence electrons. The minimum absolute atomic E-state index is 0.232. The van der Waals surface area contributed by atoms with Crippen molar-refractivity contribution in [2.45, 2.75) is 44.7 Å². The number of nitrogens with zero attached hydrogens (tertiary/aromatic N) is 1. The van der Waals surface area contributed by atoms with Crippen LogP contribution in [0, 0.1) is 0 Å². The molecule has 1 saturated carbocycles. The Morgan fingerprint density at radius 2 is 1.89 bits per heavy atom. The van der Waals surface area contributed by atoms with Crippen LogP contribution in [0.2, 0.25) is 0 Å². The van der Waals surface area contributed by atoms with Crippen LogP contribution in [-0.2, 0) is 0 Å². The van der Waals surface area contributed by atoms with Gasteiger partial charge in [-0.3, -0.25) is 4.90 Å². The lowest BCUT2D eigenvalue weighted by molar-refractivity contribution is 0.112. The molecule has 1 aliphatic rings. The summed E-state index contributed by atoms with van der Waals surface area (Å²) in [6.07, 6.45) is 5.17. The summed E-state index contributed by atoms with van der Waals surface area (Å²) in [5, 5.41) is 9.28. The number of aliphatic hydroxyl groups is 1. The average Bonchev–Trinajstić information content (AvgIpc) is 2.90. The molecule has 0 saturated heterocycles. The number of hydrogen-bond acceptors (Lipinski definition) is 3. The van der Waals surface area contributed by atoms with Gasteiger partial charge in [-0.25, -0.2) is 0 Å². The number of rotatable bonds is 5. The molecule has 1 aliphatic carbocycles. The number of benzene rings is 1. The molecule has 3 heteroatoms. The van der Waals surface area contributed by atoms with Gasteiger partial charge < -0.3 is 10.8 Å². The number of nitrogens with two attached hydrogens (primary N) is 1. The molecule has 1 aromatic rings. The first kappa shape index (κ1) is 13.4. The summed E-state index contributed by atoms with van der Waals surface area (Å²) in [7, 11) is 0. The van der Waals surface area contributed by atoms with E-state index in [-0.39, 0.29) is 6.61 Å². The summed E-state index contributed by atoms with van der Waals surface area (Å²) in [5.41, 5.74) is 7.82. The molecular formula is C15H24N2O. The first-order chi connectivity index (χ1) is 8.72. The topological polar surface area (TPSA) is 49.5 Å². The van der Waals surface area contributed by atoms with Crippen molar-refractivity contribution in [3.05, 3.63) is 29.8 Å². The second-order valence-electron chi connectivity index (χ2n) is 5.24. The maximum absolute atomic E-state index is 9.28. The molecule has 1 aromatic carbocycles. The van der Waals surface area contributed by atoms with Crippen molar-refractivity contribution in [1.82, 2.24) is 4.90 Å². The normalized spacial score (nSPS) is 18.4. The average molecular weight is 248 g/mol. The fourth-order valence-electron chi connectivity index (χ4n) is 3.01. The Bertz CT molecular complexity index is 357. The van der Waals surface area contributed by atoms with Crippen molar-refractivity contribution < 1.29 is 5.11 Å². The van der Waals surface area contributed by atoms with Crippen molar-refractivity contribution >= 4 is 5.69 Å². The molecule has 0 heterocycles. The highest BCUT2D eigenvalue weighted by molar-refractivity contribution is 5.40. The van der Waals surface area contributed by atoms with Crippen LogP contribution in [0.25, 0.3) is 0 Å². The standard InChI is InChI=1S/C15H24N2O/c1-12(13-6-8-14(16)9-7-13)17(10-11-18)15-4-2-3-5-15/h6-9,12,15,18H,2-5,10-11,16H2,1H3. The van der Waals surface area contributed by atoms with Crippen LogP contribution in [0.5, 0.6) is 0 Å². The van der Waals surface area contributed by atoms with E-state index >= 15 is 0 Å². The second-order valence-corrected chi connectivity index (χ2v) is 5.24. The Balaban J connectivity index is 2.11. The minimum atomic E-state index is 0.232. The van der Waals surface area contributed by atoms with E-state index in [1.807, 2.05) is 12.1 Å². The van der Waals surface area contributed by atoms with Crippen LogP contribution in [0.4, 0.5) is 5.69 Å². The molecular weight excluding hydrogens is 224 g/mol. The zero-order chi connectivity index (χ0) is 13.0. The molecule has 0 amide bonds. The van der Waals surface area contributed by atoms with Crippen molar-refractivity contribution in [2.24, 2.45) is 0 Å². The van der Waals surface area contributed by atoms with E-state index in [0.29, 0.717) is 12.1 Å². The van der Waals surface area contributed by atoms with Crippen molar-refractivity contribution in [1.29, 1.82) is 0 Å². The Morgan fingerprint density at radius 3 is 2.44 bits per heavy atom. The van der Waals surface area contributed by atoms with Gasteiger partial charge in [-0.1, -0.05) is 25.0 Å². The SMILES string of the molecule is CC(c1ccc(N)cc1)N(CCO)C1CCCC1. The third kappa shape index (κ3) is 3.03.